The second-order valence-corrected chi connectivity index (χ2v) is 4.51. The lowest BCUT2D eigenvalue weighted by Crippen LogP contribution is -2.00. The lowest BCUT2D eigenvalue weighted by molar-refractivity contribution is -0.129. The van der Waals surface area contributed by atoms with Crippen LogP contribution < -0.4 is 0 Å². The molecular weight excluding hydrogens is 278 g/mol. The summed E-state index contributed by atoms with van der Waals surface area (Å²) in [6.07, 6.45) is 10.1. The zero-order valence-electron chi connectivity index (χ0n) is 11.7. The van der Waals surface area contributed by atoms with Crippen molar-refractivity contribution < 1.29 is 13.9 Å². The second-order valence-electron chi connectivity index (χ2n) is 4.51. The number of cyclic esters (lactones) is 1. The summed E-state index contributed by atoms with van der Waals surface area (Å²) in [5.74, 6) is 0.527. The first-order valence-corrected chi connectivity index (χ1v) is 6.77. The fourth-order valence-corrected chi connectivity index (χ4v) is 1.86. The fourth-order valence-electron chi connectivity index (χ4n) is 1.86. The van der Waals surface area contributed by atoms with E-state index in [2.05, 4.69) is 4.99 Å². The lowest BCUT2D eigenvalue weighted by atomic mass is 10.2. The summed E-state index contributed by atoms with van der Waals surface area (Å²) in [6.45, 7) is 0. The number of aliphatic imine (C=N–C) groups is 1. The van der Waals surface area contributed by atoms with E-state index in [1.165, 1.54) is 0 Å². The minimum atomic E-state index is -0.461. The van der Waals surface area contributed by atoms with E-state index >= 15 is 0 Å². The van der Waals surface area contributed by atoms with Crippen molar-refractivity contribution >= 4 is 24.0 Å². The van der Waals surface area contributed by atoms with Gasteiger partial charge in [0.25, 0.3) is 0 Å². The molecule has 1 aromatic heterocycles. The Hall–Kier alpha value is -3.14. The van der Waals surface area contributed by atoms with Crippen LogP contribution in [0.2, 0.25) is 0 Å². The summed E-state index contributed by atoms with van der Waals surface area (Å²) in [7, 11) is 0. The minimum absolute atomic E-state index is 0.260. The van der Waals surface area contributed by atoms with E-state index in [4.69, 9.17) is 9.15 Å². The van der Waals surface area contributed by atoms with Crippen molar-refractivity contribution in [1.29, 1.82) is 0 Å². The molecule has 1 aliphatic rings. The Morgan fingerprint density at radius 3 is 2.59 bits per heavy atom. The van der Waals surface area contributed by atoms with E-state index in [9.17, 15) is 4.79 Å². The molecule has 0 aliphatic carbocycles. The predicted octanol–water partition coefficient (Wildman–Crippen LogP) is 3.85. The third-order valence-electron chi connectivity index (χ3n) is 2.91. The zero-order chi connectivity index (χ0) is 15.2. The van der Waals surface area contributed by atoms with Gasteiger partial charge in [-0.25, -0.2) is 9.79 Å². The van der Waals surface area contributed by atoms with E-state index < -0.39 is 5.97 Å². The Balaban J connectivity index is 1.70. The highest BCUT2D eigenvalue weighted by Gasteiger charge is 2.20. The van der Waals surface area contributed by atoms with Crippen LogP contribution in [0.5, 0.6) is 0 Å². The number of carbonyl (C=O) groups is 1. The minimum Gasteiger partial charge on any atom is -0.465 e. The third kappa shape index (κ3) is 3.49. The van der Waals surface area contributed by atoms with E-state index in [1.807, 2.05) is 42.5 Å². The van der Waals surface area contributed by atoms with Crippen molar-refractivity contribution in [2.24, 2.45) is 4.99 Å². The standard InChI is InChI=1S/C18H13NO3/c20-18-16(10-4-8-15-9-5-13-21-15)19-17(22-18)12-11-14-6-2-1-3-7-14/h1-13H/b8-4-,12-11+,16-10+. The first-order valence-electron chi connectivity index (χ1n) is 6.77. The van der Waals surface area contributed by atoms with Gasteiger partial charge in [-0.3, -0.25) is 0 Å². The van der Waals surface area contributed by atoms with Crippen LogP contribution >= 0.6 is 0 Å². The van der Waals surface area contributed by atoms with E-state index in [0.717, 1.165) is 5.56 Å². The first-order chi connectivity index (χ1) is 10.8. The molecule has 1 aromatic carbocycles. The van der Waals surface area contributed by atoms with Gasteiger partial charge in [0.1, 0.15) is 5.76 Å². The average Bonchev–Trinajstić information content (AvgIpc) is 3.17. The van der Waals surface area contributed by atoms with Crippen molar-refractivity contribution in [2.75, 3.05) is 0 Å². The molecule has 0 fully saturated rings. The van der Waals surface area contributed by atoms with Gasteiger partial charge in [-0.2, -0.15) is 0 Å². The molecule has 0 bridgehead atoms. The molecule has 0 saturated heterocycles. The quantitative estimate of drug-likeness (QED) is 0.635. The van der Waals surface area contributed by atoms with Crippen molar-refractivity contribution in [3.8, 4) is 0 Å². The summed E-state index contributed by atoms with van der Waals surface area (Å²) in [6, 6.07) is 13.3. The van der Waals surface area contributed by atoms with Crippen LogP contribution in [-0.4, -0.2) is 11.9 Å². The Morgan fingerprint density at radius 2 is 1.82 bits per heavy atom. The molecule has 0 radical (unpaired) electrons. The normalized spacial score (nSPS) is 16.6. The molecule has 0 amide bonds. The van der Waals surface area contributed by atoms with Crippen LogP contribution in [0, 0.1) is 0 Å². The van der Waals surface area contributed by atoms with Gasteiger partial charge in [0.05, 0.1) is 6.26 Å². The number of hydrogen-bond acceptors (Lipinski definition) is 4. The predicted molar refractivity (Wildman–Crippen MR) is 84.8 cm³/mol. The van der Waals surface area contributed by atoms with Gasteiger partial charge in [-0.15, -0.1) is 0 Å². The van der Waals surface area contributed by atoms with Gasteiger partial charge in [-0.05, 0) is 35.9 Å². The largest absolute Gasteiger partial charge is 0.465 e. The van der Waals surface area contributed by atoms with Gasteiger partial charge in [0.15, 0.2) is 5.70 Å². The van der Waals surface area contributed by atoms with Gasteiger partial charge in [-0.1, -0.05) is 36.4 Å². The molecule has 0 saturated carbocycles. The van der Waals surface area contributed by atoms with Crippen molar-refractivity contribution in [3.05, 3.63) is 84.0 Å². The number of nitrogens with zero attached hydrogens (tertiary/aromatic N) is 1. The summed E-state index contributed by atoms with van der Waals surface area (Å²) in [5.41, 5.74) is 1.27. The molecule has 3 rings (SSSR count). The number of benzene rings is 1. The van der Waals surface area contributed by atoms with Crippen LogP contribution in [0.4, 0.5) is 0 Å². The van der Waals surface area contributed by atoms with Gasteiger partial charge in [0.2, 0.25) is 5.90 Å². The number of allylic oxidation sites excluding steroid dienone is 2. The van der Waals surface area contributed by atoms with Crippen LogP contribution in [-0.2, 0) is 9.53 Å². The van der Waals surface area contributed by atoms with Gasteiger partial charge >= 0.3 is 5.97 Å². The molecule has 2 aromatic rings. The highest BCUT2D eigenvalue weighted by atomic mass is 16.6. The Bertz CT molecular complexity index is 766. The van der Waals surface area contributed by atoms with Crippen molar-refractivity contribution in [1.82, 2.24) is 0 Å². The number of esters is 1. The molecule has 0 atom stereocenters. The monoisotopic (exact) mass is 291 g/mol. The van der Waals surface area contributed by atoms with Crippen LogP contribution in [0.15, 0.2) is 82.1 Å². The molecule has 1 aliphatic heterocycles. The van der Waals surface area contributed by atoms with Crippen LogP contribution in [0.1, 0.15) is 11.3 Å². The maximum Gasteiger partial charge on any atom is 0.363 e. The Kier molecular flexibility index (Phi) is 4.11. The van der Waals surface area contributed by atoms with E-state index in [0.29, 0.717) is 5.76 Å². The number of carbonyl (C=O) groups excluding carboxylic acids is 1. The third-order valence-corrected chi connectivity index (χ3v) is 2.91. The molecule has 2 heterocycles. The molecule has 0 spiro atoms. The average molecular weight is 291 g/mol. The molecule has 0 unspecified atom stereocenters. The molecular formula is C18H13NO3. The van der Waals surface area contributed by atoms with Crippen molar-refractivity contribution in [2.45, 2.75) is 0 Å². The highest BCUT2D eigenvalue weighted by molar-refractivity contribution is 6.09. The summed E-state index contributed by atoms with van der Waals surface area (Å²) in [5, 5.41) is 0. The van der Waals surface area contributed by atoms with Crippen LogP contribution in [0.3, 0.4) is 0 Å². The molecule has 0 N–H and O–H groups in total. The number of furan rings is 1. The number of ether oxygens (including phenoxy) is 1. The highest BCUT2D eigenvalue weighted by Crippen LogP contribution is 2.13. The Morgan fingerprint density at radius 1 is 0.955 bits per heavy atom. The fraction of sp³-hybridized carbons (Fsp3) is 0. The first kappa shape index (κ1) is 13.8. The topological polar surface area (TPSA) is 51.8 Å². The van der Waals surface area contributed by atoms with E-state index in [1.54, 1.807) is 36.6 Å². The summed E-state index contributed by atoms with van der Waals surface area (Å²) >= 11 is 0. The number of hydrogen-bond donors (Lipinski definition) is 0. The van der Waals surface area contributed by atoms with Crippen molar-refractivity contribution in [3.63, 3.8) is 0 Å². The lowest BCUT2D eigenvalue weighted by Gasteiger charge is -1.92. The van der Waals surface area contributed by atoms with Gasteiger partial charge < -0.3 is 9.15 Å². The summed E-state index contributed by atoms with van der Waals surface area (Å²) < 4.78 is 10.2. The zero-order valence-corrected chi connectivity index (χ0v) is 11.7. The summed E-state index contributed by atoms with van der Waals surface area (Å²) in [4.78, 5) is 15.8. The molecule has 4 heteroatoms. The Labute approximate surface area is 127 Å². The van der Waals surface area contributed by atoms with E-state index in [-0.39, 0.29) is 11.6 Å². The maximum absolute atomic E-state index is 11.7. The maximum atomic E-state index is 11.7. The van der Waals surface area contributed by atoms with Gasteiger partial charge in [0, 0.05) is 6.08 Å². The molecule has 4 nitrogen and oxygen atoms in total. The smallest absolute Gasteiger partial charge is 0.363 e. The number of rotatable bonds is 4. The SMILES string of the molecule is O=C1OC(/C=C/c2ccccc2)=NC/1=C/C=C\c1ccco1. The molecule has 22 heavy (non-hydrogen) atoms. The molecule has 108 valence electrons. The van der Waals surface area contributed by atoms with Crippen LogP contribution in [0.25, 0.3) is 12.2 Å². The second kappa shape index (κ2) is 6.54.